The van der Waals surface area contributed by atoms with Gasteiger partial charge in [0, 0.05) is 26.7 Å². The van der Waals surface area contributed by atoms with E-state index in [4.69, 9.17) is 10.5 Å². The molecule has 0 radical (unpaired) electrons. The maximum atomic E-state index is 12.6. The lowest BCUT2D eigenvalue weighted by molar-refractivity contribution is -0.127. The topological polar surface area (TPSA) is 76.4 Å². The number of carbonyl (C=O) groups excluding carboxylic acids is 1. The molecule has 3 atom stereocenters. The first-order valence-corrected chi connectivity index (χ1v) is 10.8. The van der Waals surface area contributed by atoms with Gasteiger partial charge in [0.05, 0.1) is 12.1 Å². The van der Waals surface area contributed by atoms with Crippen LogP contribution in [0.2, 0.25) is 0 Å². The Balaban J connectivity index is 1.87. The fourth-order valence-electron chi connectivity index (χ4n) is 5.04. The number of hydrogen-bond acceptors (Lipinski definition) is 4. The predicted molar refractivity (Wildman–Crippen MR) is 107 cm³/mol. The molecule has 2 rings (SSSR count). The molecule has 0 bridgehead atoms. The zero-order valence-electron chi connectivity index (χ0n) is 17.0. The number of hydrogen-bond donors (Lipinski definition) is 3. The Morgan fingerprint density at radius 1 is 1.12 bits per heavy atom. The van der Waals surface area contributed by atoms with Gasteiger partial charge in [-0.2, -0.15) is 0 Å². The largest absolute Gasteiger partial charge is 0.383 e. The van der Waals surface area contributed by atoms with E-state index in [0.717, 1.165) is 44.8 Å². The molecule has 26 heavy (non-hydrogen) atoms. The Morgan fingerprint density at radius 2 is 1.85 bits per heavy atom. The molecular weight excluding hydrogens is 326 g/mol. The molecule has 0 aliphatic heterocycles. The summed E-state index contributed by atoms with van der Waals surface area (Å²) in [5, 5.41) is 6.44. The minimum atomic E-state index is -0.703. The van der Waals surface area contributed by atoms with Gasteiger partial charge in [0.2, 0.25) is 5.91 Å². The molecule has 0 saturated heterocycles. The molecule has 152 valence electrons. The van der Waals surface area contributed by atoms with Crippen LogP contribution < -0.4 is 16.4 Å². The zero-order valence-corrected chi connectivity index (χ0v) is 17.0. The Bertz CT molecular complexity index is 412. The van der Waals surface area contributed by atoms with Gasteiger partial charge in [0.1, 0.15) is 0 Å². The van der Waals surface area contributed by atoms with Gasteiger partial charge >= 0.3 is 0 Å². The van der Waals surface area contributed by atoms with E-state index in [1.807, 2.05) is 0 Å². The van der Waals surface area contributed by atoms with Crippen molar-refractivity contribution in [3.05, 3.63) is 0 Å². The molecule has 0 aromatic heterocycles. The fraction of sp³-hybridized carbons (Fsp3) is 0.952. The molecule has 0 spiro atoms. The number of amides is 1. The monoisotopic (exact) mass is 367 g/mol. The molecule has 1 amide bonds. The van der Waals surface area contributed by atoms with E-state index < -0.39 is 5.54 Å². The van der Waals surface area contributed by atoms with Gasteiger partial charge in [-0.25, -0.2) is 0 Å². The highest BCUT2D eigenvalue weighted by molar-refractivity contribution is 5.85. The first-order chi connectivity index (χ1) is 12.6. The van der Waals surface area contributed by atoms with Gasteiger partial charge in [-0.05, 0) is 43.9 Å². The fourth-order valence-corrected chi connectivity index (χ4v) is 5.04. The second-order valence-corrected chi connectivity index (χ2v) is 8.66. The maximum absolute atomic E-state index is 12.6. The standard InChI is InChI=1S/C21H41N3O2/c1-23-20(25)21(22,12-11-17-7-4-3-5-8-17)16-18-9-6-10-19(15-18)24-13-14-26-2/h17-19,24H,3-16,22H2,1-2H3,(H,23,25)/t18-,19-,21+/m0/s1. The molecule has 0 heterocycles. The Morgan fingerprint density at radius 3 is 2.54 bits per heavy atom. The Hall–Kier alpha value is -0.650. The van der Waals surface area contributed by atoms with Gasteiger partial charge < -0.3 is 21.1 Å². The smallest absolute Gasteiger partial charge is 0.239 e. The van der Waals surface area contributed by atoms with Gasteiger partial charge in [0.15, 0.2) is 0 Å². The maximum Gasteiger partial charge on any atom is 0.239 e. The Kier molecular flexibility index (Phi) is 9.37. The summed E-state index contributed by atoms with van der Waals surface area (Å²) in [4.78, 5) is 12.6. The molecule has 2 aliphatic rings. The predicted octanol–water partition coefficient (Wildman–Crippen LogP) is 2.98. The van der Waals surface area contributed by atoms with Crippen LogP contribution in [0.3, 0.4) is 0 Å². The number of likely N-dealkylation sites (N-methyl/N-ethyl adjacent to an activating group) is 1. The third kappa shape index (κ3) is 6.82. The average Bonchev–Trinajstić information content (AvgIpc) is 2.67. The van der Waals surface area contributed by atoms with Crippen molar-refractivity contribution in [2.45, 2.75) is 88.6 Å². The molecule has 2 saturated carbocycles. The van der Waals surface area contributed by atoms with Crippen LogP contribution in [0.15, 0.2) is 0 Å². The van der Waals surface area contributed by atoms with E-state index in [1.165, 1.54) is 51.4 Å². The van der Waals surface area contributed by atoms with E-state index in [-0.39, 0.29) is 5.91 Å². The molecule has 5 nitrogen and oxygen atoms in total. The quantitative estimate of drug-likeness (QED) is 0.519. The minimum absolute atomic E-state index is 0.0303. The van der Waals surface area contributed by atoms with E-state index in [1.54, 1.807) is 14.2 Å². The van der Waals surface area contributed by atoms with E-state index >= 15 is 0 Å². The lowest BCUT2D eigenvalue weighted by Gasteiger charge is -2.37. The first kappa shape index (κ1) is 21.6. The highest BCUT2D eigenvalue weighted by atomic mass is 16.5. The van der Waals surface area contributed by atoms with Gasteiger partial charge in [0.25, 0.3) is 0 Å². The van der Waals surface area contributed by atoms with Crippen molar-refractivity contribution in [3.8, 4) is 0 Å². The Labute approximate surface area is 160 Å². The van der Waals surface area contributed by atoms with Gasteiger partial charge in [-0.3, -0.25) is 4.79 Å². The van der Waals surface area contributed by atoms with Crippen LogP contribution >= 0.6 is 0 Å². The molecule has 5 heteroatoms. The van der Waals surface area contributed by atoms with Crippen molar-refractivity contribution >= 4 is 5.91 Å². The molecule has 0 aromatic carbocycles. The summed E-state index contributed by atoms with van der Waals surface area (Å²) in [6.45, 7) is 1.65. The number of carbonyl (C=O) groups is 1. The van der Waals surface area contributed by atoms with E-state index in [0.29, 0.717) is 12.0 Å². The lowest BCUT2D eigenvalue weighted by atomic mass is 9.74. The summed E-state index contributed by atoms with van der Waals surface area (Å²) in [5.74, 6) is 1.34. The van der Waals surface area contributed by atoms with Crippen molar-refractivity contribution in [2.75, 3.05) is 27.3 Å². The van der Waals surface area contributed by atoms with Crippen molar-refractivity contribution in [3.63, 3.8) is 0 Å². The lowest BCUT2D eigenvalue weighted by Crippen LogP contribution is -2.55. The highest BCUT2D eigenvalue weighted by Crippen LogP contribution is 2.35. The van der Waals surface area contributed by atoms with Crippen molar-refractivity contribution in [1.82, 2.24) is 10.6 Å². The first-order valence-electron chi connectivity index (χ1n) is 10.8. The summed E-state index contributed by atoms with van der Waals surface area (Å²) in [5.41, 5.74) is 6.01. The number of nitrogens with one attached hydrogen (secondary N) is 2. The molecule has 2 aliphatic carbocycles. The molecule has 0 unspecified atom stereocenters. The molecule has 2 fully saturated rings. The zero-order chi connectivity index (χ0) is 18.8. The highest BCUT2D eigenvalue weighted by Gasteiger charge is 2.37. The molecule has 4 N–H and O–H groups in total. The number of nitrogens with two attached hydrogens (primary N) is 1. The number of methoxy groups -OCH3 is 1. The van der Waals surface area contributed by atoms with Crippen molar-refractivity contribution in [1.29, 1.82) is 0 Å². The molecular formula is C21H41N3O2. The van der Waals surface area contributed by atoms with Crippen LogP contribution in [0.1, 0.15) is 77.0 Å². The second-order valence-electron chi connectivity index (χ2n) is 8.66. The van der Waals surface area contributed by atoms with Crippen LogP contribution in [0.25, 0.3) is 0 Å². The molecule has 0 aromatic rings. The van der Waals surface area contributed by atoms with Crippen LogP contribution in [0.4, 0.5) is 0 Å². The van der Waals surface area contributed by atoms with Crippen LogP contribution in [0.5, 0.6) is 0 Å². The normalized spacial score (nSPS) is 27.0. The summed E-state index contributed by atoms with van der Waals surface area (Å²) in [6.07, 6.45) is 14.2. The van der Waals surface area contributed by atoms with Crippen LogP contribution in [-0.2, 0) is 9.53 Å². The van der Waals surface area contributed by atoms with Crippen molar-refractivity contribution in [2.24, 2.45) is 17.6 Å². The summed E-state index contributed by atoms with van der Waals surface area (Å²) < 4.78 is 5.14. The third-order valence-electron chi connectivity index (χ3n) is 6.58. The third-order valence-corrected chi connectivity index (χ3v) is 6.58. The van der Waals surface area contributed by atoms with Crippen molar-refractivity contribution < 1.29 is 9.53 Å². The number of ether oxygens (including phenoxy) is 1. The summed E-state index contributed by atoms with van der Waals surface area (Å²) in [7, 11) is 3.46. The van der Waals surface area contributed by atoms with Gasteiger partial charge in [-0.1, -0.05) is 44.9 Å². The number of rotatable bonds is 10. The van der Waals surface area contributed by atoms with Crippen LogP contribution in [0, 0.1) is 11.8 Å². The van der Waals surface area contributed by atoms with Gasteiger partial charge in [-0.15, -0.1) is 0 Å². The van der Waals surface area contributed by atoms with Crippen LogP contribution in [-0.4, -0.2) is 44.8 Å². The minimum Gasteiger partial charge on any atom is -0.383 e. The van der Waals surface area contributed by atoms with E-state index in [2.05, 4.69) is 10.6 Å². The second kappa shape index (κ2) is 11.3. The summed E-state index contributed by atoms with van der Waals surface area (Å²) >= 11 is 0. The van der Waals surface area contributed by atoms with E-state index in [9.17, 15) is 4.79 Å². The SMILES string of the molecule is CNC(=O)[C@@](N)(CCC1CCCCC1)C[C@H]1CCC[C@H](NCCOC)C1. The summed E-state index contributed by atoms with van der Waals surface area (Å²) in [6, 6.07) is 0.538. The average molecular weight is 368 g/mol.